The number of amides is 5. The topological polar surface area (TPSA) is 181 Å². The van der Waals surface area contributed by atoms with E-state index in [4.69, 9.17) is 9.47 Å². The summed E-state index contributed by atoms with van der Waals surface area (Å²) in [6.45, 7) is 5.18. The van der Waals surface area contributed by atoms with E-state index in [1.807, 2.05) is 18.2 Å². The van der Waals surface area contributed by atoms with Gasteiger partial charge in [-0.05, 0) is 77.3 Å². The van der Waals surface area contributed by atoms with E-state index in [2.05, 4.69) is 15.4 Å². The van der Waals surface area contributed by atoms with Crippen LogP contribution in [0.4, 0.5) is 14.0 Å². The first kappa shape index (κ1) is 37.5. The maximum atomic E-state index is 14.6. The Bertz CT molecular complexity index is 1740. The highest BCUT2D eigenvalue weighted by atomic mass is 32.2. The predicted octanol–water partition coefficient (Wildman–Crippen LogP) is 3.19. The van der Waals surface area contributed by atoms with E-state index >= 15 is 0 Å². The van der Waals surface area contributed by atoms with Crippen molar-refractivity contribution in [2.24, 2.45) is 5.92 Å². The number of nitrogens with one attached hydrogen (secondary N) is 3. The Morgan fingerprint density at radius 1 is 1.08 bits per heavy atom. The molecular weight excluding hydrogens is 697 g/mol. The predicted molar refractivity (Wildman–Crippen MR) is 185 cm³/mol. The maximum absolute atomic E-state index is 14.6. The highest BCUT2D eigenvalue weighted by molar-refractivity contribution is 7.91. The lowest BCUT2D eigenvalue weighted by Crippen LogP contribution is -2.58. The second kappa shape index (κ2) is 14.7. The molecule has 14 nitrogen and oxygen atoms in total. The van der Waals surface area contributed by atoms with Crippen molar-refractivity contribution in [2.45, 2.75) is 126 Å². The van der Waals surface area contributed by atoms with Crippen molar-refractivity contribution in [3.63, 3.8) is 0 Å². The zero-order valence-corrected chi connectivity index (χ0v) is 30.6. The van der Waals surface area contributed by atoms with Crippen LogP contribution < -0.4 is 15.4 Å². The van der Waals surface area contributed by atoms with Gasteiger partial charge in [0.1, 0.15) is 35.1 Å². The van der Waals surface area contributed by atoms with E-state index in [-0.39, 0.29) is 38.9 Å². The fourth-order valence-corrected chi connectivity index (χ4v) is 8.57. The third kappa shape index (κ3) is 8.53. The highest BCUT2D eigenvalue weighted by Gasteiger charge is 2.62. The molecule has 16 heteroatoms. The van der Waals surface area contributed by atoms with Crippen LogP contribution in [0.2, 0.25) is 0 Å². The first-order valence-corrected chi connectivity index (χ1v) is 19.7. The molecule has 0 bridgehead atoms. The SMILES string of the molecule is CC(C)(C)OC(=O)N[C@H]1CCCCC/C=C\[C@H]2C[C@@]2(C(=O)NS(=O)(=O)C2CC2)NC(=O)[C@@H]2C[C@@H](OC(=O)N3CCc4cccc(F)c4C3)CN2C1=O. The average Bonchev–Trinajstić information content (AvgIpc) is 3.99. The van der Waals surface area contributed by atoms with Crippen LogP contribution in [0.3, 0.4) is 0 Å². The van der Waals surface area contributed by atoms with E-state index < -0.39 is 86.2 Å². The summed E-state index contributed by atoms with van der Waals surface area (Å²) in [6.07, 6.45) is 5.57. The lowest BCUT2D eigenvalue weighted by atomic mass is 10.00. The molecule has 0 radical (unpaired) electrons. The van der Waals surface area contributed by atoms with E-state index in [0.717, 1.165) is 18.4 Å². The van der Waals surface area contributed by atoms with Crippen LogP contribution in [0.25, 0.3) is 0 Å². The van der Waals surface area contributed by atoms with Crippen molar-refractivity contribution in [2.75, 3.05) is 13.1 Å². The Hall–Kier alpha value is -4.21. The molecule has 284 valence electrons. The molecule has 2 saturated carbocycles. The summed E-state index contributed by atoms with van der Waals surface area (Å²) >= 11 is 0. The van der Waals surface area contributed by atoms with Gasteiger partial charge in [0.25, 0.3) is 5.91 Å². The molecular formula is C36H48FN5O9S. The number of halogens is 1. The first-order valence-electron chi connectivity index (χ1n) is 18.1. The minimum absolute atomic E-state index is 0.00168. The van der Waals surface area contributed by atoms with E-state index in [9.17, 15) is 36.8 Å². The molecule has 52 heavy (non-hydrogen) atoms. The van der Waals surface area contributed by atoms with Crippen LogP contribution in [0.1, 0.15) is 89.7 Å². The van der Waals surface area contributed by atoms with Crippen molar-refractivity contribution >= 4 is 39.9 Å². The molecule has 0 aromatic heterocycles. The lowest BCUT2D eigenvalue weighted by Gasteiger charge is -2.30. The number of fused-ring (bicyclic) bond motifs is 3. The normalized spacial score (nSPS) is 28.8. The molecule has 3 aliphatic heterocycles. The zero-order valence-electron chi connectivity index (χ0n) is 29.8. The minimum atomic E-state index is -3.92. The number of carbonyl (C=O) groups is 5. The number of rotatable bonds is 5. The molecule has 2 aliphatic carbocycles. The Balaban J connectivity index is 1.25. The summed E-state index contributed by atoms with van der Waals surface area (Å²) in [6, 6.07) is 2.46. The second-order valence-corrected chi connectivity index (χ2v) is 17.5. The number of nitrogens with zero attached hydrogens (tertiary/aromatic N) is 2. The largest absolute Gasteiger partial charge is 0.444 e. The van der Waals surface area contributed by atoms with Crippen molar-refractivity contribution in [1.29, 1.82) is 0 Å². The van der Waals surface area contributed by atoms with Gasteiger partial charge in [0.2, 0.25) is 21.8 Å². The summed E-state index contributed by atoms with van der Waals surface area (Å²) < 4.78 is 53.5. The number of benzene rings is 1. The number of sulfonamides is 1. The Kier molecular flexibility index (Phi) is 10.6. The van der Waals surface area contributed by atoms with Gasteiger partial charge in [0.05, 0.1) is 18.3 Å². The number of allylic oxidation sites excluding steroid dienone is 1. The maximum Gasteiger partial charge on any atom is 0.410 e. The smallest absolute Gasteiger partial charge is 0.410 e. The molecule has 3 N–H and O–H groups in total. The van der Waals surface area contributed by atoms with Gasteiger partial charge in [-0.15, -0.1) is 0 Å². The summed E-state index contributed by atoms with van der Waals surface area (Å²) in [4.78, 5) is 71.0. The molecule has 6 rings (SSSR count). The average molecular weight is 746 g/mol. The van der Waals surface area contributed by atoms with E-state index in [1.165, 1.54) is 15.9 Å². The molecule has 0 unspecified atom stereocenters. The number of alkyl carbamates (subject to hydrolysis) is 1. The van der Waals surface area contributed by atoms with Gasteiger partial charge in [-0.2, -0.15) is 0 Å². The lowest BCUT2D eigenvalue weighted by molar-refractivity contribution is -0.141. The van der Waals surface area contributed by atoms with Crippen LogP contribution in [-0.4, -0.2) is 95.8 Å². The number of ether oxygens (including phenoxy) is 2. The van der Waals surface area contributed by atoms with Crippen molar-refractivity contribution in [3.05, 3.63) is 47.3 Å². The van der Waals surface area contributed by atoms with Crippen LogP contribution in [0, 0.1) is 11.7 Å². The summed E-state index contributed by atoms with van der Waals surface area (Å²) in [7, 11) is -3.92. The third-order valence-corrected chi connectivity index (χ3v) is 12.1. The monoisotopic (exact) mass is 745 g/mol. The fourth-order valence-electron chi connectivity index (χ4n) is 7.21. The number of carbonyl (C=O) groups excluding carboxylic acids is 5. The molecule has 1 saturated heterocycles. The molecule has 1 aromatic carbocycles. The van der Waals surface area contributed by atoms with Gasteiger partial charge in [0, 0.05) is 24.4 Å². The Morgan fingerprint density at radius 2 is 1.85 bits per heavy atom. The van der Waals surface area contributed by atoms with Crippen LogP contribution >= 0.6 is 0 Å². The molecule has 5 atom stereocenters. The minimum Gasteiger partial charge on any atom is -0.444 e. The van der Waals surface area contributed by atoms with Crippen molar-refractivity contribution in [3.8, 4) is 0 Å². The Morgan fingerprint density at radius 3 is 2.58 bits per heavy atom. The molecule has 0 spiro atoms. The van der Waals surface area contributed by atoms with Gasteiger partial charge >= 0.3 is 12.2 Å². The van der Waals surface area contributed by atoms with E-state index in [0.29, 0.717) is 37.7 Å². The fraction of sp³-hybridized carbons (Fsp3) is 0.639. The molecule has 3 heterocycles. The van der Waals surface area contributed by atoms with Gasteiger partial charge in [-0.3, -0.25) is 19.1 Å². The zero-order chi connectivity index (χ0) is 37.4. The van der Waals surface area contributed by atoms with Crippen LogP contribution in [-0.2, 0) is 46.8 Å². The van der Waals surface area contributed by atoms with Crippen molar-refractivity contribution < 1.29 is 46.3 Å². The third-order valence-electron chi connectivity index (χ3n) is 10.3. The molecule has 1 aromatic rings. The summed E-state index contributed by atoms with van der Waals surface area (Å²) in [5.74, 6) is -3.05. The standard InChI is InChI=1S/C36H48FN5O9S/c1-35(2,3)51-33(46)38-28-13-8-6-4-5-7-11-23-19-36(23,32(45)40-52(48,49)25-14-15-25)39-30(43)29-18-24(20-42(29)31(28)44)50-34(47)41-17-16-22-10-9-12-27(37)26(22)21-41/h7,9-12,23-25,28-29H,4-6,8,13-21H2,1-3H3,(H,38,46)(H,39,43)(H,40,45)/b11-7-/t23-,24+,28-,29-,36+/m0/s1. The highest BCUT2D eigenvalue weighted by Crippen LogP contribution is 2.46. The summed E-state index contributed by atoms with van der Waals surface area (Å²) in [5, 5.41) is 4.80. The molecule has 5 aliphatic rings. The van der Waals surface area contributed by atoms with Gasteiger partial charge in [-0.25, -0.2) is 22.4 Å². The van der Waals surface area contributed by atoms with Gasteiger partial charge in [0.15, 0.2) is 0 Å². The van der Waals surface area contributed by atoms with Crippen LogP contribution in [0.5, 0.6) is 0 Å². The molecule has 3 fully saturated rings. The van der Waals surface area contributed by atoms with Crippen molar-refractivity contribution in [1.82, 2.24) is 25.2 Å². The van der Waals surface area contributed by atoms with E-state index in [1.54, 1.807) is 26.8 Å². The van der Waals surface area contributed by atoms with Crippen LogP contribution in [0.15, 0.2) is 30.4 Å². The quantitative estimate of drug-likeness (QED) is 0.382. The second-order valence-electron chi connectivity index (χ2n) is 15.5. The Labute approximate surface area is 303 Å². The number of hydrogen-bond acceptors (Lipinski definition) is 9. The number of hydrogen-bond donors (Lipinski definition) is 3. The van der Waals surface area contributed by atoms with Gasteiger partial charge < -0.3 is 29.9 Å². The summed E-state index contributed by atoms with van der Waals surface area (Å²) in [5.41, 5.74) is -1.19. The van der Waals surface area contributed by atoms with Gasteiger partial charge in [-0.1, -0.05) is 37.1 Å². The first-order chi connectivity index (χ1) is 24.6. The molecule has 5 amide bonds.